The fourth-order valence-corrected chi connectivity index (χ4v) is 4.15. The molecule has 0 aliphatic heterocycles. The average molecular weight is 461 g/mol. The van der Waals surface area contributed by atoms with E-state index in [1.165, 1.54) is 25.3 Å². The number of thiophene rings is 1. The van der Waals surface area contributed by atoms with Crippen LogP contribution in [0.2, 0.25) is 5.02 Å². The number of ether oxygens (including phenoxy) is 1. The number of amides is 2. The van der Waals surface area contributed by atoms with Crippen molar-refractivity contribution in [3.05, 3.63) is 80.4 Å². The summed E-state index contributed by atoms with van der Waals surface area (Å²) in [5, 5.41) is 5.98. The van der Waals surface area contributed by atoms with Crippen LogP contribution in [0.15, 0.2) is 42.5 Å². The smallest absolute Gasteiger partial charge is 0.341 e. The van der Waals surface area contributed by atoms with E-state index in [4.69, 9.17) is 16.3 Å². The van der Waals surface area contributed by atoms with Crippen LogP contribution in [0.25, 0.3) is 0 Å². The van der Waals surface area contributed by atoms with Crippen molar-refractivity contribution < 1.29 is 23.5 Å². The van der Waals surface area contributed by atoms with Crippen molar-refractivity contribution in [2.24, 2.45) is 0 Å². The first-order chi connectivity index (χ1) is 14.7. The van der Waals surface area contributed by atoms with Gasteiger partial charge in [0.2, 0.25) is 0 Å². The van der Waals surface area contributed by atoms with Crippen molar-refractivity contribution >= 4 is 51.4 Å². The van der Waals surface area contributed by atoms with E-state index in [2.05, 4.69) is 10.6 Å². The Balaban J connectivity index is 1.96. The van der Waals surface area contributed by atoms with Gasteiger partial charge in [0.1, 0.15) is 10.8 Å². The lowest BCUT2D eigenvalue weighted by Crippen LogP contribution is -2.14. The van der Waals surface area contributed by atoms with Gasteiger partial charge in [-0.3, -0.25) is 9.59 Å². The summed E-state index contributed by atoms with van der Waals surface area (Å²) in [6, 6.07) is 10.2. The Bertz CT molecular complexity index is 1190. The number of halogens is 2. The SMILES string of the molecule is COC(=O)c1c(NC(=O)c2cccc(F)c2)sc(C(=O)Nc2cccc(Cl)c2C)c1C. The largest absolute Gasteiger partial charge is 0.465 e. The van der Waals surface area contributed by atoms with Gasteiger partial charge in [-0.05, 0) is 55.3 Å². The number of nitrogens with one attached hydrogen (secondary N) is 2. The minimum absolute atomic E-state index is 0.0604. The van der Waals surface area contributed by atoms with Crippen molar-refractivity contribution in [3.8, 4) is 0 Å². The molecule has 0 saturated heterocycles. The molecule has 0 unspecified atom stereocenters. The highest BCUT2D eigenvalue weighted by atomic mass is 35.5. The Kier molecular flexibility index (Phi) is 6.72. The van der Waals surface area contributed by atoms with E-state index in [1.54, 1.807) is 32.0 Å². The normalized spacial score (nSPS) is 10.5. The second-order valence-electron chi connectivity index (χ2n) is 6.58. The number of hydrogen-bond donors (Lipinski definition) is 2. The second kappa shape index (κ2) is 9.28. The van der Waals surface area contributed by atoms with Gasteiger partial charge in [0.05, 0.1) is 17.6 Å². The molecule has 1 heterocycles. The topological polar surface area (TPSA) is 84.5 Å². The monoisotopic (exact) mass is 460 g/mol. The number of anilines is 2. The first-order valence-electron chi connectivity index (χ1n) is 9.08. The number of hydrogen-bond acceptors (Lipinski definition) is 5. The fourth-order valence-electron chi connectivity index (χ4n) is 2.89. The summed E-state index contributed by atoms with van der Waals surface area (Å²) in [6.07, 6.45) is 0. The number of rotatable bonds is 5. The lowest BCUT2D eigenvalue weighted by atomic mass is 10.1. The maximum atomic E-state index is 13.5. The number of methoxy groups -OCH3 is 1. The predicted octanol–water partition coefficient (Wildman–Crippen LogP) is 5.45. The van der Waals surface area contributed by atoms with E-state index >= 15 is 0 Å². The third-order valence-corrected chi connectivity index (χ3v) is 6.19. The molecule has 2 amide bonds. The first kappa shape index (κ1) is 22.5. The van der Waals surface area contributed by atoms with E-state index < -0.39 is 23.6 Å². The maximum Gasteiger partial charge on any atom is 0.341 e. The van der Waals surface area contributed by atoms with Crippen molar-refractivity contribution in [2.75, 3.05) is 17.7 Å². The maximum absolute atomic E-state index is 13.5. The van der Waals surface area contributed by atoms with Crippen LogP contribution in [0.3, 0.4) is 0 Å². The summed E-state index contributed by atoms with van der Waals surface area (Å²) in [5.41, 5.74) is 1.70. The third-order valence-electron chi connectivity index (χ3n) is 4.57. The molecule has 2 N–H and O–H groups in total. The molecule has 160 valence electrons. The van der Waals surface area contributed by atoms with E-state index in [0.29, 0.717) is 21.8 Å². The van der Waals surface area contributed by atoms with Gasteiger partial charge in [0, 0.05) is 16.3 Å². The molecule has 6 nitrogen and oxygen atoms in total. The van der Waals surface area contributed by atoms with Gasteiger partial charge in [0.15, 0.2) is 0 Å². The van der Waals surface area contributed by atoms with Crippen LogP contribution < -0.4 is 10.6 Å². The molecule has 3 aromatic rings. The highest BCUT2D eigenvalue weighted by molar-refractivity contribution is 7.19. The lowest BCUT2D eigenvalue weighted by molar-refractivity contribution is 0.0601. The summed E-state index contributed by atoms with van der Waals surface area (Å²) < 4.78 is 18.3. The van der Waals surface area contributed by atoms with Crippen molar-refractivity contribution in [3.63, 3.8) is 0 Å². The van der Waals surface area contributed by atoms with Crippen LogP contribution in [0.5, 0.6) is 0 Å². The van der Waals surface area contributed by atoms with Crippen LogP contribution in [0, 0.1) is 19.7 Å². The molecule has 0 saturated carbocycles. The molecule has 31 heavy (non-hydrogen) atoms. The zero-order valence-corrected chi connectivity index (χ0v) is 18.4. The average Bonchev–Trinajstić information content (AvgIpc) is 3.06. The molecule has 0 atom stereocenters. The van der Waals surface area contributed by atoms with Crippen LogP contribution in [-0.2, 0) is 4.74 Å². The molecule has 2 aromatic carbocycles. The highest BCUT2D eigenvalue weighted by Crippen LogP contribution is 2.35. The van der Waals surface area contributed by atoms with Gasteiger partial charge in [0.25, 0.3) is 11.8 Å². The molecule has 1 aromatic heterocycles. The molecule has 0 fully saturated rings. The Morgan fingerprint density at radius 2 is 1.71 bits per heavy atom. The Hall–Kier alpha value is -3.23. The minimum atomic E-state index is -0.707. The highest BCUT2D eigenvalue weighted by Gasteiger charge is 2.27. The van der Waals surface area contributed by atoms with Gasteiger partial charge < -0.3 is 15.4 Å². The Morgan fingerprint density at radius 3 is 2.39 bits per heavy atom. The fraction of sp³-hybridized carbons (Fsp3) is 0.136. The van der Waals surface area contributed by atoms with Gasteiger partial charge in [-0.2, -0.15) is 0 Å². The Morgan fingerprint density at radius 1 is 1.00 bits per heavy atom. The van der Waals surface area contributed by atoms with E-state index in [1.807, 2.05) is 0 Å². The molecule has 9 heteroatoms. The zero-order valence-electron chi connectivity index (χ0n) is 16.8. The predicted molar refractivity (Wildman–Crippen MR) is 119 cm³/mol. The number of carbonyl (C=O) groups is 3. The summed E-state index contributed by atoms with van der Waals surface area (Å²) in [7, 11) is 1.20. The van der Waals surface area contributed by atoms with Crippen molar-refractivity contribution in [2.45, 2.75) is 13.8 Å². The summed E-state index contributed by atoms with van der Waals surface area (Å²) in [5.74, 6) is -2.37. The van der Waals surface area contributed by atoms with Crippen LogP contribution in [-0.4, -0.2) is 24.9 Å². The number of carbonyl (C=O) groups excluding carboxylic acids is 3. The lowest BCUT2D eigenvalue weighted by Gasteiger charge is -2.09. The third kappa shape index (κ3) is 4.76. The second-order valence-corrected chi connectivity index (χ2v) is 8.01. The van der Waals surface area contributed by atoms with Gasteiger partial charge in [-0.25, -0.2) is 9.18 Å². The van der Waals surface area contributed by atoms with Gasteiger partial charge >= 0.3 is 5.97 Å². The quantitative estimate of drug-likeness (QED) is 0.496. The minimum Gasteiger partial charge on any atom is -0.465 e. The van der Waals surface area contributed by atoms with Crippen LogP contribution in [0.1, 0.15) is 41.5 Å². The number of esters is 1. The summed E-state index contributed by atoms with van der Waals surface area (Å²) in [6.45, 7) is 3.35. The standard InChI is InChI=1S/C22H18ClFN2O4S/c1-11-15(23)8-5-9-16(11)25-20(28)18-12(2)17(22(29)30-3)21(31-18)26-19(27)13-6-4-7-14(24)10-13/h4-10H,1-3H3,(H,25,28)(H,26,27). The number of benzene rings is 2. The molecule has 3 rings (SSSR count). The van der Waals surface area contributed by atoms with Crippen LogP contribution in [0.4, 0.5) is 15.1 Å². The van der Waals surface area contributed by atoms with Gasteiger partial charge in [-0.1, -0.05) is 23.7 Å². The van der Waals surface area contributed by atoms with Crippen molar-refractivity contribution in [1.82, 2.24) is 0 Å². The first-order valence-corrected chi connectivity index (χ1v) is 10.3. The van der Waals surface area contributed by atoms with E-state index in [0.717, 1.165) is 17.4 Å². The molecular formula is C22H18ClFN2O4S. The van der Waals surface area contributed by atoms with Crippen LogP contribution >= 0.6 is 22.9 Å². The van der Waals surface area contributed by atoms with Gasteiger partial charge in [-0.15, -0.1) is 11.3 Å². The molecular weight excluding hydrogens is 443 g/mol. The molecule has 0 aliphatic rings. The molecule has 0 spiro atoms. The van der Waals surface area contributed by atoms with E-state index in [9.17, 15) is 18.8 Å². The van der Waals surface area contributed by atoms with Crippen molar-refractivity contribution in [1.29, 1.82) is 0 Å². The Labute approximate surface area is 187 Å². The summed E-state index contributed by atoms with van der Waals surface area (Å²) in [4.78, 5) is 38.0. The molecule has 0 bridgehead atoms. The zero-order chi connectivity index (χ0) is 22.7. The summed E-state index contributed by atoms with van der Waals surface area (Å²) >= 11 is 7.03. The molecule has 0 aliphatic carbocycles. The molecule has 0 radical (unpaired) electrons. The van der Waals surface area contributed by atoms with E-state index in [-0.39, 0.29) is 21.0 Å².